The van der Waals surface area contributed by atoms with Gasteiger partial charge in [-0.15, -0.1) is 24.5 Å². The summed E-state index contributed by atoms with van der Waals surface area (Å²) >= 11 is 0.786. The highest BCUT2D eigenvalue weighted by atomic mass is 32.2. The summed E-state index contributed by atoms with van der Waals surface area (Å²) in [7, 11) is -2.73. The second kappa shape index (κ2) is 11.5. The number of halogens is 3. The van der Waals surface area contributed by atoms with E-state index in [2.05, 4.69) is 34.6 Å². The Balaban J connectivity index is 1.25. The van der Waals surface area contributed by atoms with Gasteiger partial charge in [0.25, 0.3) is 15.9 Å². The fraction of sp³-hybridized carbons (Fsp3) is 0.0769. The molecule has 11 nitrogen and oxygen atoms in total. The first-order valence-electron chi connectivity index (χ1n) is 11.7. The van der Waals surface area contributed by atoms with Gasteiger partial charge < -0.3 is 19.3 Å². The van der Waals surface area contributed by atoms with E-state index in [-0.39, 0.29) is 32.2 Å². The van der Waals surface area contributed by atoms with Crippen LogP contribution in [0.3, 0.4) is 0 Å². The monoisotopic (exact) mass is 617 g/mol. The molecule has 0 aliphatic heterocycles. The average molecular weight is 618 g/mol. The van der Waals surface area contributed by atoms with Gasteiger partial charge >= 0.3 is 12.3 Å². The number of carbonyl (C=O) groups is 1. The maximum absolute atomic E-state index is 12.7. The molecule has 2 N–H and O–H groups in total. The van der Waals surface area contributed by atoms with Gasteiger partial charge in [0.15, 0.2) is 0 Å². The van der Waals surface area contributed by atoms with Crippen molar-refractivity contribution >= 4 is 44.5 Å². The number of thiophene rings is 1. The molecule has 0 aliphatic carbocycles. The van der Waals surface area contributed by atoms with Gasteiger partial charge in [0.2, 0.25) is 5.82 Å². The van der Waals surface area contributed by atoms with E-state index in [1.165, 1.54) is 61.8 Å². The molecule has 0 radical (unpaired) electrons. The SMILES string of the molecule is COC(=O)c1ccc(S(=O)(=O)Nc2ccc(-c3nc(-c4ccnc(Nc5ccc(OC(F)(F)F)cc5)c4)no3)cc2)s1. The number of ether oxygens (including phenoxy) is 2. The molecule has 0 aliphatic rings. The summed E-state index contributed by atoms with van der Waals surface area (Å²) < 4.78 is 78.7. The molecule has 3 heterocycles. The zero-order valence-electron chi connectivity index (χ0n) is 21.2. The van der Waals surface area contributed by atoms with Crippen molar-refractivity contribution in [3.63, 3.8) is 0 Å². The summed E-state index contributed by atoms with van der Waals surface area (Å²) in [6.45, 7) is 0. The first kappa shape index (κ1) is 28.6. The molecule has 216 valence electrons. The van der Waals surface area contributed by atoms with Crippen LogP contribution in [0.2, 0.25) is 0 Å². The summed E-state index contributed by atoms with van der Waals surface area (Å²) in [5.74, 6) is -0.182. The third-order valence-electron chi connectivity index (χ3n) is 5.42. The normalized spacial score (nSPS) is 11.6. The van der Waals surface area contributed by atoms with Crippen molar-refractivity contribution < 1.29 is 40.4 Å². The summed E-state index contributed by atoms with van der Waals surface area (Å²) in [5.41, 5.74) is 1.82. The van der Waals surface area contributed by atoms with E-state index in [0.29, 0.717) is 22.6 Å². The second-order valence-corrected chi connectivity index (χ2v) is 11.3. The quantitative estimate of drug-likeness (QED) is 0.186. The van der Waals surface area contributed by atoms with Gasteiger partial charge in [-0.3, -0.25) is 4.72 Å². The number of rotatable bonds is 9. The molecule has 0 unspecified atom stereocenters. The van der Waals surface area contributed by atoms with E-state index in [1.54, 1.807) is 24.3 Å². The van der Waals surface area contributed by atoms with Gasteiger partial charge in [-0.05, 0) is 72.8 Å². The predicted molar refractivity (Wildman–Crippen MR) is 146 cm³/mol. The molecule has 0 amide bonds. The number of sulfonamides is 1. The predicted octanol–water partition coefficient (Wildman–Crippen LogP) is 6.09. The second-order valence-electron chi connectivity index (χ2n) is 8.34. The molecule has 5 aromatic rings. The fourth-order valence-electron chi connectivity index (χ4n) is 3.54. The Morgan fingerprint density at radius 3 is 2.36 bits per heavy atom. The van der Waals surface area contributed by atoms with Gasteiger partial charge in [-0.2, -0.15) is 4.98 Å². The van der Waals surface area contributed by atoms with Crippen LogP contribution in [0.1, 0.15) is 9.67 Å². The van der Waals surface area contributed by atoms with Gasteiger partial charge in [-0.1, -0.05) is 5.16 Å². The Labute approximate surface area is 240 Å². The highest BCUT2D eigenvalue weighted by Gasteiger charge is 2.31. The zero-order chi connectivity index (χ0) is 29.9. The molecule has 0 saturated heterocycles. The van der Waals surface area contributed by atoms with E-state index >= 15 is 0 Å². The molecule has 0 bridgehead atoms. The fourth-order valence-corrected chi connectivity index (χ4v) is 5.83. The van der Waals surface area contributed by atoms with Crippen LogP contribution in [-0.4, -0.2) is 43.0 Å². The van der Waals surface area contributed by atoms with Gasteiger partial charge in [0.05, 0.1) is 7.11 Å². The third-order valence-corrected chi connectivity index (χ3v) is 8.36. The Morgan fingerprint density at radius 1 is 0.952 bits per heavy atom. The van der Waals surface area contributed by atoms with Crippen molar-refractivity contribution in [2.24, 2.45) is 0 Å². The average Bonchev–Trinajstić information content (AvgIpc) is 3.65. The molecule has 0 atom stereocenters. The van der Waals surface area contributed by atoms with Crippen molar-refractivity contribution in [2.45, 2.75) is 10.6 Å². The maximum Gasteiger partial charge on any atom is 0.573 e. The number of methoxy groups -OCH3 is 1. The van der Waals surface area contributed by atoms with E-state index in [1.807, 2.05) is 0 Å². The molecular formula is C26H18F3N5O6S2. The van der Waals surface area contributed by atoms with Crippen LogP contribution >= 0.6 is 11.3 Å². The molecular weight excluding hydrogens is 599 g/mol. The van der Waals surface area contributed by atoms with E-state index in [4.69, 9.17) is 4.52 Å². The van der Waals surface area contributed by atoms with Crippen LogP contribution in [0, 0.1) is 0 Å². The lowest BCUT2D eigenvalue weighted by atomic mass is 10.2. The van der Waals surface area contributed by atoms with E-state index in [0.717, 1.165) is 11.3 Å². The molecule has 16 heteroatoms. The standard InChI is InChI=1S/C26H18F3N5O6S2/c1-38-25(35)20-10-11-22(41-20)42(36,37)34-18-4-2-15(3-5-18)24-32-23(33-40-24)16-12-13-30-21(14-16)31-17-6-8-19(9-7-17)39-26(27,28)29/h2-14,34H,1H3,(H,30,31). The topological polar surface area (TPSA) is 146 Å². The number of hydrogen-bond acceptors (Lipinski definition) is 11. The highest BCUT2D eigenvalue weighted by Crippen LogP contribution is 2.29. The Kier molecular flexibility index (Phi) is 7.82. The Hall–Kier alpha value is -4.96. The molecule has 0 fully saturated rings. The van der Waals surface area contributed by atoms with Crippen LogP contribution in [0.25, 0.3) is 22.8 Å². The zero-order valence-corrected chi connectivity index (χ0v) is 22.9. The summed E-state index contributed by atoms with van der Waals surface area (Å²) in [5, 5.41) is 6.97. The minimum absolute atomic E-state index is 0.0489. The lowest BCUT2D eigenvalue weighted by Gasteiger charge is -2.10. The number of pyridine rings is 1. The lowest BCUT2D eigenvalue weighted by molar-refractivity contribution is -0.274. The number of carbonyl (C=O) groups excluding carboxylic acids is 1. The van der Waals surface area contributed by atoms with Gasteiger partial charge in [0, 0.05) is 28.7 Å². The van der Waals surface area contributed by atoms with Gasteiger partial charge in [0.1, 0.15) is 20.7 Å². The van der Waals surface area contributed by atoms with E-state index < -0.39 is 22.4 Å². The Bertz CT molecular complexity index is 1820. The van der Waals surface area contributed by atoms with Crippen LogP contribution in [0.4, 0.5) is 30.4 Å². The molecule has 0 spiro atoms. The number of nitrogens with one attached hydrogen (secondary N) is 2. The number of benzene rings is 2. The molecule has 5 rings (SSSR count). The lowest BCUT2D eigenvalue weighted by Crippen LogP contribution is -2.16. The maximum atomic E-state index is 12.7. The van der Waals surface area contributed by atoms with E-state index in [9.17, 15) is 26.4 Å². The van der Waals surface area contributed by atoms with Crippen molar-refractivity contribution in [1.29, 1.82) is 0 Å². The summed E-state index contributed by atoms with van der Waals surface area (Å²) in [6, 6.07) is 17.3. The number of esters is 1. The van der Waals surface area contributed by atoms with Crippen LogP contribution in [0.15, 0.2) is 87.7 Å². The largest absolute Gasteiger partial charge is 0.573 e. The molecule has 42 heavy (non-hydrogen) atoms. The first-order valence-corrected chi connectivity index (χ1v) is 14.0. The van der Waals surface area contributed by atoms with Crippen molar-refractivity contribution in [3.8, 4) is 28.6 Å². The van der Waals surface area contributed by atoms with Crippen molar-refractivity contribution in [3.05, 3.63) is 83.9 Å². The number of nitrogens with zero attached hydrogens (tertiary/aromatic N) is 3. The van der Waals surface area contributed by atoms with Crippen LogP contribution < -0.4 is 14.8 Å². The minimum atomic E-state index is -4.78. The minimum Gasteiger partial charge on any atom is -0.465 e. The number of anilines is 3. The van der Waals surface area contributed by atoms with Crippen molar-refractivity contribution in [2.75, 3.05) is 17.1 Å². The Morgan fingerprint density at radius 2 is 1.67 bits per heavy atom. The van der Waals surface area contributed by atoms with Crippen LogP contribution in [0.5, 0.6) is 5.75 Å². The van der Waals surface area contributed by atoms with Crippen molar-refractivity contribution in [1.82, 2.24) is 15.1 Å². The number of hydrogen-bond donors (Lipinski definition) is 2. The van der Waals surface area contributed by atoms with Crippen LogP contribution in [-0.2, 0) is 14.8 Å². The number of aromatic nitrogens is 3. The third kappa shape index (κ3) is 6.84. The van der Waals surface area contributed by atoms with Gasteiger partial charge in [-0.25, -0.2) is 18.2 Å². The summed E-state index contributed by atoms with van der Waals surface area (Å²) in [4.78, 5) is 20.4. The molecule has 0 saturated carbocycles. The molecule has 2 aromatic carbocycles. The highest BCUT2D eigenvalue weighted by molar-refractivity contribution is 7.94. The number of alkyl halides is 3. The molecule has 3 aromatic heterocycles. The smallest absolute Gasteiger partial charge is 0.465 e. The first-order chi connectivity index (χ1) is 20.0. The summed E-state index contributed by atoms with van der Waals surface area (Å²) in [6.07, 6.45) is -3.28.